The second kappa shape index (κ2) is 9.81. The number of halogens is 1. The number of esters is 1. The Hall–Kier alpha value is -1.98. The molecule has 0 spiro atoms. The first-order valence-electron chi connectivity index (χ1n) is 8.98. The number of ether oxygens (including phenoxy) is 1. The van der Waals surface area contributed by atoms with Gasteiger partial charge in [-0.2, -0.15) is 0 Å². The lowest BCUT2D eigenvalue weighted by molar-refractivity contribution is -0.154. The second-order valence-electron chi connectivity index (χ2n) is 6.37. The van der Waals surface area contributed by atoms with Gasteiger partial charge >= 0.3 is 5.97 Å². The Bertz CT molecular complexity index is 757. The molecule has 27 heavy (non-hydrogen) atoms. The van der Waals surface area contributed by atoms with Crippen LogP contribution >= 0.6 is 23.4 Å². The van der Waals surface area contributed by atoms with Gasteiger partial charge in [0.2, 0.25) is 5.91 Å². The van der Waals surface area contributed by atoms with Crippen molar-refractivity contribution >= 4 is 35.2 Å². The third kappa shape index (κ3) is 5.50. The molecule has 3 rings (SSSR count). The molecule has 1 aliphatic rings. The molecule has 0 N–H and O–H groups in total. The van der Waals surface area contributed by atoms with E-state index >= 15 is 0 Å². The van der Waals surface area contributed by atoms with E-state index < -0.39 is 11.4 Å². The molecule has 142 valence electrons. The van der Waals surface area contributed by atoms with Crippen LogP contribution in [0.15, 0.2) is 65.6 Å². The van der Waals surface area contributed by atoms with Crippen LogP contribution in [0.1, 0.15) is 18.4 Å². The molecule has 1 heterocycles. The molecule has 0 saturated carbocycles. The maximum absolute atomic E-state index is 12.7. The molecule has 2 aromatic carbocycles. The number of amides is 1. The quantitative estimate of drug-likeness (QED) is 0.396. The second-order valence-corrected chi connectivity index (χ2v) is 7.99. The number of carbonyl (C=O) groups is 2. The zero-order valence-corrected chi connectivity index (χ0v) is 16.5. The fourth-order valence-electron chi connectivity index (χ4n) is 3.04. The summed E-state index contributed by atoms with van der Waals surface area (Å²) in [6.07, 6.45) is 1.40. The molecule has 1 aliphatic heterocycles. The summed E-state index contributed by atoms with van der Waals surface area (Å²) in [5.74, 6) is -0.0873. The molecule has 1 saturated heterocycles. The smallest absolute Gasteiger partial charge is 0.329 e. The van der Waals surface area contributed by atoms with Gasteiger partial charge < -0.3 is 9.64 Å². The highest BCUT2D eigenvalue weighted by atomic mass is 35.5. The zero-order chi connectivity index (χ0) is 19.1. The largest absolute Gasteiger partial charge is 0.459 e. The molecule has 4 nitrogen and oxygen atoms in total. The first-order valence-corrected chi connectivity index (χ1v) is 10.4. The molecule has 0 unspecified atom stereocenters. The number of benzene rings is 2. The third-order valence-corrected chi connectivity index (χ3v) is 6.07. The van der Waals surface area contributed by atoms with E-state index in [9.17, 15) is 9.59 Å². The van der Waals surface area contributed by atoms with E-state index in [4.69, 9.17) is 16.3 Å². The topological polar surface area (TPSA) is 46.6 Å². The summed E-state index contributed by atoms with van der Waals surface area (Å²) in [4.78, 5) is 27.8. The van der Waals surface area contributed by atoms with Crippen molar-refractivity contribution in [1.82, 2.24) is 4.90 Å². The first kappa shape index (κ1) is 19.8. The molecule has 1 amide bonds. The van der Waals surface area contributed by atoms with Gasteiger partial charge in [0.1, 0.15) is 18.0 Å². The lowest BCUT2D eigenvalue weighted by Crippen LogP contribution is -2.45. The van der Waals surface area contributed by atoms with Crippen molar-refractivity contribution in [3.63, 3.8) is 0 Å². The summed E-state index contributed by atoms with van der Waals surface area (Å²) >= 11 is 7.88. The number of thioether (sulfide) groups is 1. The zero-order valence-electron chi connectivity index (χ0n) is 14.9. The Morgan fingerprint density at radius 3 is 2.48 bits per heavy atom. The highest BCUT2D eigenvalue weighted by molar-refractivity contribution is 7.99. The van der Waals surface area contributed by atoms with Crippen LogP contribution in [-0.4, -0.2) is 40.5 Å². The average Bonchev–Trinajstić information content (AvgIpc) is 3.21. The number of carbonyl (C=O) groups excluding carboxylic acids is 2. The van der Waals surface area contributed by atoms with Gasteiger partial charge in [0.25, 0.3) is 0 Å². The number of likely N-dealkylation sites (tertiary alicyclic amines) is 1. The Morgan fingerprint density at radius 1 is 1.11 bits per heavy atom. The van der Waals surface area contributed by atoms with Crippen LogP contribution < -0.4 is 0 Å². The summed E-state index contributed by atoms with van der Waals surface area (Å²) in [5.41, 5.74) is 0.927. The Kier molecular flexibility index (Phi) is 7.18. The van der Waals surface area contributed by atoms with Crippen LogP contribution in [0.2, 0.25) is 0 Å². The minimum atomic E-state index is -0.669. The normalized spacial score (nSPS) is 17.5. The lowest BCUT2D eigenvalue weighted by atomic mass is 10.2. The highest BCUT2D eigenvalue weighted by Gasteiger charge is 2.37. The van der Waals surface area contributed by atoms with Crippen molar-refractivity contribution in [3.8, 4) is 0 Å². The van der Waals surface area contributed by atoms with E-state index in [0.29, 0.717) is 18.7 Å². The number of hydrogen-bond donors (Lipinski definition) is 0. The van der Waals surface area contributed by atoms with Gasteiger partial charge in [0.05, 0.1) is 0 Å². The van der Waals surface area contributed by atoms with Gasteiger partial charge in [0, 0.05) is 17.2 Å². The van der Waals surface area contributed by atoms with Crippen LogP contribution in [0.3, 0.4) is 0 Å². The van der Waals surface area contributed by atoms with Gasteiger partial charge in [-0.25, -0.2) is 4.79 Å². The van der Waals surface area contributed by atoms with E-state index in [-0.39, 0.29) is 18.5 Å². The van der Waals surface area contributed by atoms with Gasteiger partial charge in [-0.3, -0.25) is 4.79 Å². The molecule has 1 fully saturated rings. The fourth-order valence-corrected chi connectivity index (χ4v) is 4.18. The molecular formula is C21H22ClNO3S. The van der Waals surface area contributed by atoms with Crippen LogP contribution in [0.4, 0.5) is 0 Å². The molecule has 6 heteroatoms. The molecule has 2 atom stereocenters. The number of hydrogen-bond acceptors (Lipinski definition) is 4. The SMILES string of the molecule is O=C(OCc1ccccc1)[C@@H]1CCCN1C(=O)[C@H](Cl)CSc1ccccc1. The Labute approximate surface area is 168 Å². The maximum Gasteiger partial charge on any atom is 0.329 e. The third-order valence-electron chi connectivity index (χ3n) is 4.44. The summed E-state index contributed by atoms with van der Waals surface area (Å²) < 4.78 is 5.42. The van der Waals surface area contributed by atoms with Crippen molar-refractivity contribution in [2.75, 3.05) is 12.3 Å². The summed E-state index contributed by atoms with van der Waals surface area (Å²) in [6.45, 7) is 0.759. The van der Waals surface area contributed by atoms with E-state index in [1.54, 1.807) is 4.90 Å². The summed E-state index contributed by atoms with van der Waals surface area (Å²) in [7, 11) is 0. The summed E-state index contributed by atoms with van der Waals surface area (Å²) in [6, 6.07) is 18.8. The average molecular weight is 404 g/mol. The minimum absolute atomic E-state index is 0.195. The number of alkyl halides is 1. The van der Waals surface area contributed by atoms with Crippen LogP contribution in [0.5, 0.6) is 0 Å². The standard InChI is InChI=1S/C21H22ClNO3S/c22-18(15-27-17-10-5-2-6-11-17)20(24)23-13-7-12-19(23)21(25)26-14-16-8-3-1-4-9-16/h1-6,8-11,18-19H,7,12-15H2/t18-,19+/m1/s1. The Balaban J connectivity index is 1.52. The van der Waals surface area contributed by atoms with Gasteiger partial charge in [0.15, 0.2) is 0 Å². The monoisotopic (exact) mass is 403 g/mol. The molecule has 0 radical (unpaired) electrons. The maximum atomic E-state index is 12.7. The van der Waals surface area contributed by atoms with Crippen molar-refractivity contribution in [2.24, 2.45) is 0 Å². The predicted octanol–water partition coefficient (Wildman–Crippen LogP) is 4.12. The Morgan fingerprint density at radius 2 is 1.78 bits per heavy atom. The fraction of sp³-hybridized carbons (Fsp3) is 0.333. The van der Waals surface area contributed by atoms with Crippen molar-refractivity contribution in [3.05, 3.63) is 66.2 Å². The first-order chi connectivity index (χ1) is 13.1. The molecule has 0 aliphatic carbocycles. The summed E-state index contributed by atoms with van der Waals surface area (Å²) in [5, 5.41) is -0.669. The van der Waals surface area contributed by atoms with E-state index in [1.165, 1.54) is 11.8 Å². The van der Waals surface area contributed by atoms with Crippen molar-refractivity contribution < 1.29 is 14.3 Å². The van der Waals surface area contributed by atoms with Crippen LogP contribution in [-0.2, 0) is 20.9 Å². The molecule has 2 aromatic rings. The lowest BCUT2D eigenvalue weighted by Gasteiger charge is -2.25. The van der Waals surface area contributed by atoms with Gasteiger partial charge in [-0.1, -0.05) is 48.5 Å². The van der Waals surface area contributed by atoms with Crippen LogP contribution in [0.25, 0.3) is 0 Å². The van der Waals surface area contributed by atoms with Crippen molar-refractivity contribution in [2.45, 2.75) is 35.8 Å². The number of rotatable bonds is 7. The van der Waals surface area contributed by atoms with Gasteiger partial charge in [-0.05, 0) is 30.5 Å². The van der Waals surface area contributed by atoms with E-state index in [1.807, 2.05) is 60.7 Å². The highest BCUT2D eigenvalue weighted by Crippen LogP contribution is 2.25. The molecule has 0 bridgehead atoms. The molecule has 0 aromatic heterocycles. The van der Waals surface area contributed by atoms with Gasteiger partial charge in [-0.15, -0.1) is 23.4 Å². The van der Waals surface area contributed by atoms with E-state index in [2.05, 4.69) is 0 Å². The minimum Gasteiger partial charge on any atom is -0.459 e. The number of nitrogens with zero attached hydrogens (tertiary/aromatic N) is 1. The van der Waals surface area contributed by atoms with Crippen LogP contribution in [0, 0.1) is 0 Å². The molecular weight excluding hydrogens is 382 g/mol. The van der Waals surface area contributed by atoms with Crippen molar-refractivity contribution in [1.29, 1.82) is 0 Å². The predicted molar refractivity (Wildman–Crippen MR) is 108 cm³/mol. The van der Waals surface area contributed by atoms with E-state index in [0.717, 1.165) is 16.9 Å².